The summed E-state index contributed by atoms with van der Waals surface area (Å²) in [6.45, 7) is 7.62. The lowest BCUT2D eigenvalue weighted by Gasteiger charge is -2.34. The number of hydrogen-bond donors (Lipinski definition) is 1. The van der Waals surface area contributed by atoms with Crippen LogP contribution in [0, 0.1) is 6.92 Å². The average Bonchev–Trinajstić information content (AvgIpc) is 2.72. The van der Waals surface area contributed by atoms with E-state index in [2.05, 4.69) is 36.2 Å². The molecule has 0 aliphatic carbocycles. The van der Waals surface area contributed by atoms with E-state index < -0.39 is 0 Å². The van der Waals surface area contributed by atoms with Gasteiger partial charge >= 0.3 is 0 Å². The first-order chi connectivity index (χ1) is 13.7. The molecule has 2 aromatic carbocycles. The normalized spacial score (nSPS) is 14.1. The Balaban J connectivity index is 0.00000300. The Morgan fingerprint density at radius 3 is 2.62 bits per heavy atom. The highest BCUT2D eigenvalue weighted by Gasteiger charge is 2.24. The molecule has 1 fully saturated rings. The van der Waals surface area contributed by atoms with E-state index in [1.54, 1.807) is 0 Å². The number of benzene rings is 2. The van der Waals surface area contributed by atoms with Crippen molar-refractivity contribution in [3.05, 3.63) is 65.2 Å². The summed E-state index contributed by atoms with van der Waals surface area (Å²) in [5, 5.41) is 3.38. The smallest absolute Gasteiger partial charge is 0.227 e. The number of aryl methyl sites for hydroxylation is 1. The van der Waals surface area contributed by atoms with Gasteiger partial charge in [0.1, 0.15) is 12.4 Å². The number of ether oxygens (including phenoxy) is 1. The van der Waals surface area contributed by atoms with Gasteiger partial charge in [0.05, 0.1) is 6.42 Å². The van der Waals surface area contributed by atoms with Gasteiger partial charge in [-0.05, 0) is 68.1 Å². The van der Waals surface area contributed by atoms with Crippen LogP contribution in [0.2, 0.25) is 0 Å². The largest absolute Gasteiger partial charge is 0.489 e. The van der Waals surface area contributed by atoms with Gasteiger partial charge in [0.2, 0.25) is 5.91 Å². The molecule has 1 saturated heterocycles. The van der Waals surface area contributed by atoms with Crippen LogP contribution in [0.3, 0.4) is 0 Å². The van der Waals surface area contributed by atoms with E-state index >= 15 is 0 Å². The van der Waals surface area contributed by atoms with Gasteiger partial charge in [-0.2, -0.15) is 0 Å². The quantitative estimate of drug-likeness (QED) is 0.687. The van der Waals surface area contributed by atoms with Gasteiger partial charge in [0.15, 0.2) is 0 Å². The first-order valence-corrected chi connectivity index (χ1v) is 10.4. The van der Waals surface area contributed by atoms with Gasteiger partial charge in [-0.15, -0.1) is 12.4 Å². The minimum atomic E-state index is 0. The van der Waals surface area contributed by atoms with Crippen LogP contribution in [0.25, 0.3) is 0 Å². The minimum Gasteiger partial charge on any atom is -0.489 e. The number of halogens is 1. The van der Waals surface area contributed by atoms with Gasteiger partial charge < -0.3 is 15.0 Å². The summed E-state index contributed by atoms with van der Waals surface area (Å²) in [4.78, 5) is 15.1. The molecular formula is C24H33ClN2O2. The first-order valence-electron chi connectivity index (χ1n) is 10.4. The Morgan fingerprint density at radius 1 is 1.14 bits per heavy atom. The van der Waals surface area contributed by atoms with Gasteiger partial charge in [0, 0.05) is 12.6 Å². The molecule has 1 aliphatic heterocycles. The van der Waals surface area contributed by atoms with E-state index in [-0.39, 0.29) is 18.3 Å². The third-order valence-corrected chi connectivity index (χ3v) is 5.44. The van der Waals surface area contributed by atoms with E-state index in [9.17, 15) is 4.79 Å². The molecule has 158 valence electrons. The predicted octanol–water partition coefficient (Wildman–Crippen LogP) is 4.53. The number of hydrogen-bond acceptors (Lipinski definition) is 3. The summed E-state index contributed by atoms with van der Waals surface area (Å²) in [5.74, 6) is 1.04. The van der Waals surface area contributed by atoms with Crippen molar-refractivity contribution in [2.24, 2.45) is 0 Å². The Morgan fingerprint density at radius 2 is 1.90 bits per heavy atom. The van der Waals surface area contributed by atoms with Crippen molar-refractivity contribution in [3.8, 4) is 5.75 Å². The monoisotopic (exact) mass is 416 g/mol. The Bertz CT molecular complexity index is 775. The molecule has 0 spiro atoms. The SMILES string of the molecule is CCCN(C(=O)Cc1cccc(OCc2ccccc2C)c1)C1CCNCC1.Cl. The lowest BCUT2D eigenvalue weighted by molar-refractivity contribution is -0.133. The summed E-state index contributed by atoms with van der Waals surface area (Å²) in [7, 11) is 0. The second-order valence-electron chi connectivity index (χ2n) is 7.61. The standard InChI is InChI=1S/C24H32N2O2.ClH/c1-3-15-26(22-11-13-25-14-12-22)24(27)17-20-8-6-10-23(16-20)28-18-21-9-5-4-7-19(21)2;/h4-10,16,22,25H,3,11-15,17-18H2,1-2H3;1H. The molecule has 0 saturated carbocycles. The van der Waals surface area contributed by atoms with Gasteiger partial charge in [-0.1, -0.05) is 43.3 Å². The highest BCUT2D eigenvalue weighted by Crippen LogP contribution is 2.19. The second-order valence-corrected chi connectivity index (χ2v) is 7.61. The zero-order chi connectivity index (χ0) is 19.8. The van der Waals surface area contributed by atoms with E-state index in [4.69, 9.17) is 4.74 Å². The van der Waals surface area contributed by atoms with Gasteiger partial charge in [-0.3, -0.25) is 4.79 Å². The third-order valence-electron chi connectivity index (χ3n) is 5.44. The second kappa shape index (κ2) is 11.8. The summed E-state index contributed by atoms with van der Waals surface area (Å²) in [6.07, 6.45) is 3.53. The number of nitrogens with zero attached hydrogens (tertiary/aromatic N) is 1. The lowest BCUT2D eigenvalue weighted by Crippen LogP contribution is -2.47. The fraction of sp³-hybridized carbons (Fsp3) is 0.458. The van der Waals surface area contributed by atoms with E-state index in [0.717, 1.165) is 50.2 Å². The zero-order valence-electron chi connectivity index (χ0n) is 17.5. The number of amides is 1. The number of piperidine rings is 1. The van der Waals surface area contributed by atoms with E-state index in [1.165, 1.54) is 11.1 Å². The highest BCUT2D eigenvalue weighted by atomic mass is 35.5. The molecule has 5 heteroatoms. The summed E-state index contributed by atoms with van der Waals surface area (Å²) in [6, 6.07) is 16.6. The van der Waals surface area contributed by atoms with Crippen LogP contribution < -0.4 is 10.1 Å². The maximum Gasteiger partial charge on any atom is 0.227 e. The molecule has 0 radical (unpaired) electrons. The van der Waals surface area contributed by atoms with Crippen molar-refractivity contribution >= 4 is 18.3 Å². The molecule has 29 heavy (non-hydrogen) atoms. The van der Waals surface area contributed by atoms with Crippen LogP contribution >= 0.6 is 12.4 Å². The van der Waals surface area contributed by atoms with Crippen LogP contribution in [-0.2, 0) is 17.8 Å². The topological polar surface area (TPSA) is 41.6 Å². The van der Waals surface area contributed by atoms with E-state index in [1.807, 2.05) is 36.4 Å². The van der Waals surface area contributed by atoms with Crippen LogP contribution in [0.15, 0.2) is 48.5 Å². The molecule has 1 N–H and O–H groups in total. The van der Waals surface area contributed by atoms with Gasteiger partial charge in [0.25, 0.3) is 0 Å². The predicted molar refractivity (Wildman–Crippen MR) is 121 cm³/mol. The Kier molecular flexibility index (Phi) is 9.49. The van der Waals surface area contributed by atoms with Crippen molar-refractivity contribution in [1.82, 2.24) is 10.2 Å². The van der Waals surface area contributed by atoms with Crippen LogP contribution in [0.1, 0.15) is 42.9 Å². The highest BCUT2D eigenvalue weighted by molar-refractivity contribution is 5.85. The van der Waals surface area contributed by atoms with Crippen LogP contribution in [-0.4, -0.2) is 36.5 Å². The maximum absolute atomic E-state index is 13.0. The van der Waals surface area contributed by atoms with E-state index in [0.29, 0.717) is 19.1 Å². The zero-order valence-corrected chi connectivity index (χ0v) is 18.3. The molecular weight excluding hydrogens is 384 g/mol. The maximum atomic E-state index is 13.0. The molecule has 0 unspecified atom stereocenters. The Labute approximate surface area is 181 Å². The molecule has 0 bridgehead atoms. The van der Waals surface area contributed by atoms with Crippen molar-refractivity contribution in [2.45, 2.75) is 52.2 Å². The molecule has 4 nitrogen and oxygen atoms in total. The van der Waals surface area contributed by atoms with Crippen molar-refractivity contribution < 1.29 is 9.53 Å². The molecule has 2 aromatic rings. The lowest BCUT2D eigenvalue weighted by atomic mass is 10.0. The minimum absolute atomic E-state index is 0. The summed E-state index contributed by atoms with van der Waals surface area (Å²) >= 11 is 0. The molecule has 3 rings (SSSR count). The number of carbonyl (C=O) groups excluding carboxylic acids is 1. The summed E-state index contributed by atoms with van der Waals surface area (Å²) in [5.41, 5.74) is 3.43. The van der Waals surface area contributed by atoms with Crippen molar-refractivity contribution in [2.75, 3.05) is 19.6 Å². The number of nitrogens with one attached hydrogen (secondary N) is 1. The Hall–Kier alpha value is -2.04. The van der Waals surface area contributed by atoms with Crippen molar-refractivity contribution in [1.29, 1.82) is 0 Å². The average molecular weight is 417 g/mol. The van der Waals surface area contributed by atoms with Gasteiger partial charge in [-0.25, -0.2) is 0 Å². The van der Waals surface area contributed by atoms with Crippen LogP contribution in [0.4, 0.5) is 0 Å². The van der Waals surface area contributed by atoms with Crippen LogP contribution in [0.5, 0.6) is 5.75 Å². The summed E-state index contributed by atoms with van der Waals surface area (Å²) < 4.78 is 5.99. The first kappa shape index (κ1) is 23.2. The molecule has 1 amide bonds. The fourth-order valence-electron chi connectivity index (χ4n) is 3.82. The third kappa shape index (κ3) is 6.76. The molecule has 0 atom stereocenters. The van der Waals surface area contributed by atoms with Crippen molar-refractivity contribution in [3.63, 3.8) is 0 Å². The molecule has 1 heterocycles. The number of rotatable bonds is 8. The number of carbonyl (C=O) groups is 1. The molecule has 0 aromatic heterocycles. The fourth-order valence-corrected chi connectivity index (χ4v) is 3.82. The molecule has 1 aliphatic rings.